The van der Waals surface area contributed by atoms with E-state index in [0.29, 0.717) is 6.42 Å². The first-order valence-electron chi connectivity index (χ1n) is 16.3. The van der Waals surface area contributed by atoms with Crippen LogP contribution in [0.3, 0.4) is 0 Å². The van der Waals surface area contributed by atoms with Crippen molar-refractivity contribution < 1.29 is 19.4 Å². The monoisotopic (exact) mass is 534 g/mol. The van der Waals surface area contributed by atoms with Crippen LogP contribution in [0.25, 0.3) is 0 Å². The average Bonchev–Trinajstić information content (AvgIpc) is 2.91. The highest BCUT2D eigenvalue weighted by Crippen LogP contribution is 2.18. The van der Waals surface area contributed by atoms with E-state index in [4.69, 9.17) is 4.74 Å². The van der Waals surface area contributed by atoms with Crippen LogP contribution in [0, 0.1) is 5.92 Å². The van der Waals surface area contributed by atoms with Crippen molar-refractivity contribution >= 4 is 11.9 Å². The van der Waals surface area contributed by atoms with Crippen molar-refractivity contribution in [3.63, 3.8) is 0 Å². The fourth-order valence-electron chi connectivity index (χ4n) is 4.95. The third kappa shape index (κ3) is 27.5. The van der Waals surface area contributed by atoms with E-state index < -0.39 is 17.9 Å². The Morgan fingerprint density at radius 2 is 1.05 bits per heavy atom. The average molecular weight is 535 g/mol. The minimum absolute atomic E-state index is 0.0415. The first-order chi connectivity index (χ1) is 18.6. The Labute approximate surface area is 236 Å². The second-order valence-electron chi connectivity index (χ2n) is 11.1. The highest BCUT2D eigenvalue weighted by Gasteiger charge is 2.21. The van der Waals surface area contributed by atoms with Gasteiger partial charge in [0.25, 0.3) is 0 Å². The van der Waals surface area contributed by atoms with Gasteiger partial charge < -0.3 is 9.84 Å². The molecule has 4 heteroatoms. The lowest BCUT2D eigenvalue weighted by atomic mass is 9.97. The molecule has 222 valence electrons. The van der Waals surface area contributed by atoms with Crippen LogP contribution in [0.1, 0.15) is 167 Å². The van der Waals surface area contributed by atoms with Gasteiger partial charge in [0.1, 0.15) is 6.61 Å². The third-order valence-corrected chi connectivity index (χ3v) is 7.44. The first-order valence-corrected chi connectivity index (χ1v) is 16.3. The van der Waals surface area contributed by atoms with Crippen molar-refractivity contribution in [1.29, 1.82) is 0 Å². The van der Waals surface area contributed by atoms with Crippen molar-refractivity contribution in [2.24, 2.45) is 5.92 Å². The van der Waals surface area contributed by atoms with Gasteiger partial charge in [-0.1, -0.05) is 154 Å². The van der Waals surface area contributed by atoms with Gasteiger partial charge in [-0.05, 0) is 32.1 Å². The van der Waals surface area contributed by atoms with Gasteiger partial charge in [-0.15, -0.1) is 0 Å². The van der Waals surface area contributed by atoms with Crippen LogP contribution in [0.5, 0.6) is 0 Å². The molecule has 0 bridgehead atoms. The topological polar surface area (TPSA) is 63.6 Å². The lowest BCUT2D eigenvalue weighted by Gasteiger charge is -2.11. The molecule has 1 N–H and O–H groups in total. The molecule has 0 aliphatic rings. The lowest BCUT2D eigenvalue weighted by molar-refractivity contribution is -0.151. The Morgan fingerprint density at radius 1 is 0.658 bits per heavy atom. The minimum atomic E-state index is -0.901. The predicted octanol–water partition coefficient (Wildman–Crippen LogP) is 10.7. The number of allylic oxidation sites excluding steroid dienone is 2. The number of ether oxygens (including phenoxy) is 1. The zero-order chi connectivity index (χ0) is 27.9. The van der Waals surface area contributed by atoms with E-state index in [1.807, 2.05) is 0 Å². The van der Waals surface area contributed by atoms with Crippen molar-refractivity contribution in [3.05, 3.63) is 24.8 Å². The first kappa shape index (κ1) is 36.4. The summed E-state index contributed by atoms with van der Waals surface area (Å²) in [5.74, 6) is -1.98. The number of carboxylic acid groups (broad SMARTS) is 1. The summed E-state index contributed by atoms with van der Waals surface area (Å²) in [5.41, 5.74) is 0. The normalized spacial score (nSPS) is 12.1. The highest BCUT2D eigenvalue weighted by atomic mass is 16.5. The van der Waals surface area contributed by atoms with Gasteiger partial charge in [0.05, 0.1) is 12.3 Å². The van der Waals surface area contributed by atoms with Crippen LogP contribution >= 0.6 is 0 Å². The third-order valence-electron chi connectivity index (χ3n) is 7.44. The largest absolute Gasteiger partial charge is 0.481 e. The molecular formula is C34H62O4. The van der Waals surface area contributed by atoms with Gasteiger partial charge in [0.15, 0.2) is 0 Å². The Morgan fingerprint density at radius 3 is 1.45 bits per heavy atom. The second kappa shape index (κ2) is 30.0. The van der Waals surface area contributed by atoms with E-state index in [1.165, 1.54) is 134 Å². The molecule has 0 saturated heterocycles. The quantitative estimate of drug-likeness (QED) is 0.0565. The van der Waals surface area contributed by atoms with Crippen molar-refractivity contribution in [2.75, 3.05) is 6.61 Å². The van der Waals surface area contributed by atoms with Crippen LogP contribution in [0.2, 0.25) is 0 Å². The number of carboxylic acids is 1. The smallest absolute Gasteiger partial charge is 0.307 e. The van der Waals surface area contributed by atoms with E-state index in [-0.39, 0.29) is 13.0 Å². The Bertz CT molecular complexity index is 569. The Kier molecular flexibility index (Phi) is 28.7. The minimum Gasteiger partial charge on any atom is -0.481 e. The van der Waals surface area contributed by atoms with Gasteiger partial charge in [-0.25, -0.2) is 0 Å². The van der Waals surface area contributed by atoms with Gasteiger partial charge in [0, 0.05) is 0 Å². The summed E-state index contributed by atoms with van der Waals surface area (Å²) in [6, 6.07) is 0. The maximum atomic E-state index is 11.6. The molecule has 0 radical (unpaired) electrons. The summed E-state index contributed by atoms with van der Waals surface area (Å²) in [7, 11) is 0. The van der Waals surface area contributed by atoms with Gasteiger partial charge >= 0.3 is 11.9 Å². The highest BCUT2D eigenvalue weighted by molar-refractivity contribution is 5.78. The summed E-state index contributed by atoms with van der Waals surface area (Å²) >= 11 is 0. The molecule has 0 heterocycles. The number of rotatable bonds is 30. The molecule has 0 aliphatic carbocycles. The van der Waals surface area contributed by atoms with Crippen LogP contribution in [0.4, 0.5) is 0 Å². The van der Waals surface area contributed by atoms with E-state index >= 15 is 0 Å². The number of hydrogen-bond acceptors (Lipinski definition) is 3. The summed E-state index contributed by atoms with van der Waals surface area (Å²) in [6.07, 6.45) is 37.1. The zero-order valence-corrected chi connectivity index (χ0v) is 25.1. The molecule has 0 aliphatic heterocycles. The molecular weight excluding hydrogens is 472 g/mol. The van der Waals surface area contributed by atoms with Crippen LogP contribution in [-0.2, 0) is 14.3 Å². The van der Waals surface area contributed by atoms with Crippen molar-refractivity contribution in [1.82, 2.24) is 0 Å². The number of hydrogen-bond donors (Lipinski definition) is 1. The summed E-state index contributed by atoms with van der Waals surface area (Å²) in [4.78, 5) is 23.0. The molecule has 4 nitrogen and oxygen atoms in total. The number of unbranched alkanes of at least 4 members (excludes halogenated alkanes) is 21. The number of carbonyl (C=O) groups is 2. The van der Waals surface area contributed by atoms with Gasteiger partial charge in [0.2, 0.25) is 0 Å². The maximum Gasteiger partial charge on any atom is 0.307 e. The lowest BCUT2D eigenvalue weighted by Crippen LogP contribution is -2.19. The van der Waals surface area contributed by atoms with Gasteiger partial charge in [-0.2, -0.15) is 0 Å². The molecule has 0 saturated carbocycles. The molecule has 0 fully saturated rings. The standard InChI is InChI=1S/C34H62O4/c1-3-5-6-7-8-9-10-11-12-13-14-15-16-17-18-19-20-21-22-23-24-25-26-27-28-29-32(34(36)37)31-33(35)38-30-4-2/h4,11-12,32H,2-3,5-10,13-31H2,1H3,(H,36,37)/b12-11+. The SMILES string of the molecule is C=CCOC(=O)CC(CCCCCCCCCCCCCCCCC/C=C/CCCCCCCC)C(=O)O. The van der Waals surface area contributed by atoms with E-state index in [0.717, 1.165) is 19.3 Å². The molecule has 0 aromatic heterocycles. The van der Waals surface area contributed by atoms with E-state index in [1.54, 1.807) is 0 Å². The van der Waals surface area contributed by atoms with Gasteiger partial charge in [-0.3, -0.25) is 9.59 Å². The number of esters is 1. The van der Waals surface area contributed by atoms with Crippen molar-refractivity contribution in [2.45, 2.75) is 167 Å². The predicted molar refractivity (Wildman–Crippen MR) is 163 cm³/mol. The van der Waals surface area contributed by atoms with Crippen LogP contribution in [0.15, 0.2) is 24.8 Å². The Hall–Kier alpha value is -1.58. The molecule has 0 spiro atoms. The molecule has 0 rings (SSSR count). The summed E-state index contributed by atoms with van der Waals surface area (Å²) in [5, 5.41) is 9.31. The molecule has 1 atom stereocenters. The number of aliphatic carboxylic acids is 1. The molecule has 0 aromatic rings. The number of carbonyl (C=O) groups excluding carboxylic acids is 1. The molecule has 38 heavy (non-hydrogen) atoms. The fraction of sp³-hybridized carbons (Fsp3) is 0.824. The van der Waals surface area contributed by atoms with Crippen LogP contribution in [-0.4, -0.2) is 23.7 Å². The summed E-state index contributed by atoms with van der Waals surface area (Å²) < 4.78 is 4.91. The van der Waals surface area contributed by atoms with E-state index in [9.17, 15) is 14.7 Å². The molecule has 0 amide bonds. The zero-order valence-electron chi connectivity index (χ0n) is 25.1. The van der Waals surface area contributed by atoms with Crippen LogP contribution < -0.4 is 0 Å². The molecule has 0 aromatic carbocycles. The fourth-order valence-corrected chi connectivity index (χ4v) is 4.95. The van der Waals surface area contributed by atoms with Crippen molar-refractivity contribution in [3.8, 4) is 0 Å². The Balaban J connectivity index is 3.33. The summed E-state index contributed by atoms with van der Waals surface area (Å²) in [6.45, 7) is 5.91. The maximum absolute atomic E-state index is 11.6. The van der Waals surface area contributed by atoms with E-state index in [2.05, 4.69) is 25.7 Å². The second-order valence-corrected chi connectivity index (χ2v) is 11.1. The molecule has 1 unspecified atom stereocenters.